The Hall–Kier alpha value is -1.66. The predicted octanol–water partition coefficient (Wildman–Crippen LogP) is 2.47. The van der Waals surface area contributed by atoms with E-state index < -0.39 is 11.9 Å². The highest BCUT2D eigenvalue weighted by Gasteiger charge is 2.22. The molecule has 1 atom stereocenters. The average molecular weight is 339 g/mol. The maximum absolute atomic E-state index is 12.1. The van der Waals surface area contributed by atoms with E-state index in [1.54, 1.807) is 35.7 Å². The number of benzene rings is 1. The summed E-state index contributed by atoms with van der Waals surface area (Å²) in [7, 11) is 0. The Bertz CT molecular complexity index is 598. The van der Waals surface area contributed by atoms with Crippen LogP contribution in [-0.2, 0) is 4.79 Å². The van der Waals surface area contributed by atoms with Crippen LogP contribution in [0.4, 0.5) is 0 Å². The number of thiophene rings is 1. The molecule has 0 radical (unpaired) electrons. The van der Waals surface area contributed by atoms with Gasteiger partial charge in [0, 0.05) is 4.47 Å². The monoisotopic (exact) mass is 338 g/mol. The Morgan fingerprint density at radius 1 is 1.21 bits per heavy atom. The van der Waals surface area contributed by atoms with Crippen LogP contribution in [0.2, 0.25) is 0 Å². The van der Waals surface area contributed by atoms with Crippen molar-refractivity contribution in [2.24, 2.45) is 5.73 Å². The van der Waals surface area contributed by atoms with Crippen molar-refractivity contribution in [2.75, 3.05) is 0 Å². The van der Waals surface area contributed by atoms with Crippen molar-refractivity contribution >= 4 is 39.1 Å². The van der Waals surface area contributed by atoms with Gasteiger partial charge in [-0.05, 0) is 32.9 Å². The normalized spacial score (nSPS) is 11.8. The number of nitrogens with one attached hydrogen (secondary N) is 1. The summed E-state index contributed by atoms with van der Waals surface area (Å²) in [5, 5.41) is 4.44. The largest absolute Gasteiger partial charge is 0.368 e. The molecule has 1 aromatic carbocycles. The summed E-state index contributed by atoms with van der Waals surface area (Å²) in [6, 6.07) is 9.86. The van der Waals surface area contributed by atoms with Crippen molar-refractivity contribution in [2.45, 2.75) is 6.04 Å². The zero-order chi connectivity index (χ0) is 13.8. The Balaban J connectivity index is 2.21. The van der Waals surface area contributed by atoms with Gasteiger partial charge in [0.2, 0.25) is 5.91 Å². The number of carbonyl (C=O) groups is 2. The van der Waals surface area contributed by atoms with Gasteiger partial charge in [0.25, 0.3) is 5.91 Å². The SMILES string of the molecule is NC(=O)C(NC(=O)c1sccc1Br)c1ccccc1. The van der Waals surface area contributed by atoms with Crippen molar-refractivity contribution in [3.8, 4) is 0 Å². The van der Waals surface area contributed by atoms with Gasteiger partial charge in [-0.3, -0.25) is 9.59 Å². The van der Waals surface area contributed by atoms with E-state index in [4.69, 9.17) is 5.73 Å². The topological polar surface area (TPSA) is 72.2 Å². The molecule has 1 heterocycles. The third-order valence-electron chi connectivity index (χ3n) is 2.52. The highest BCUT2D eigenvalue weighted by Crippen LogP contribution is 2.23. The lowest BCUT2D eigenvalue weighted by molar-refractivity contribution is -0.120. The molecule has 0 fully saturated rings. The minimum absolute atomic E-state index is 0.325. The second-order valence-electron chi connectivity index (χ2n) is 3.82. The molecule has 0 spiro atoms. The fourth-order valence-corrected chi connectivity index (χ4v) is 3.07. The number of hydrogen-bond acceptors (Lipinski definition) is 3. The molecule has 2 aromatic rings. The number of halogens is 1. The number of hydrogen-bond donors (Lipinski definition) is 2. The predicted molar refractivity (Wildman–Crippen MR) is 77.9 cm³/mol. The van der Waals surface area contributed by atoms with E-state index in [-0.39, 0.29) is 5.91 Å². The van der Waals surface area contributed by atoms with Gasteiger partial charge >= 0.3 is 0 Å². The van der Waals surface area contributed by atoms with Crippen molar-refractivity contribution in [3.05, 3.63) is 56.7 Å². The van der Waals surface area contributed by atoms with Gasteiger partial charge in [-0.2, -0.15) is 0 Å². The van der Waals surface area contributed by atoms with Crippen LogP contribution in [0.25, 0.3) is 0 Å². The smallest absolute Gasteiger partial charge is 0.263 e. The summed E-state index contributed by atoms with van der Waals surface area (Å²) in [6.07, 6.45) is 0. The Morgan fingerprint density at radius 2 is 1.89 bits per heavy atom. The Morgan fingerprint density at radius 3 is 2.42 bits per heavy atom. The molecule has 3 N–H and O–H groups in total. The molecule has 0 aliphatic carbocycles. The highest BCUT2D eigenvalue weighted by molar-refractivity contribution is 9.10. The van der Waals surface area contributed by atoms with Crippen LogP contribution >= 0.6 is 27.3 Å². The van der Waals surface area contributed by atoms with Crippen LogP contribution in [-0.4, -0.2) is 11.8 Å². The zero-order valence-corrected chi connectivity index (χ0v) is 12.2. The number of amides is 2. The summed E-state index contributed by atoms with van der Waals surface area (Å²) in [5.74, 6) is -0.915. The summed E-state index contributed by atoms with van der Waals surface area (Å²) in [5.41, 5.74) is 6.01. The average Bonchev–Trinajstić information content (AvgIpc) is 2.82. The molecule has 0 saturated heterocycles. The maximum atomic E-state index is 12.1. The van der Waals surface area contributed by atoms with Gasteiger partial charge in [-0.1, -0.05) is 30.3 Å². The molecular weight excluding hydrogens is 328 g/mol. The molecule has 0 bridgehead atoms. The highest BCUT2D eigenvalue weighted by atomic mass is 79.9. The lowest BCUT2D eigenvalue weighted by Gasteiger charge is -2.15. The number of primary amides is 1. The molecule has 2 amide bonds. The second-order valence-corrected chi connectivity index (χ2v) is 5.59. The lowest BCUT2D eigenvalue weighted by Crippen LogP contribution is -2.37. The molecule has 19 heavy (non-hydrogen) atoms. The summed E-state index contributed by atoms with van der Waals surface area (Å²) in [4.78, 5) is 24.1. The second kappa shape index (κ2) is 5.99. The molecule has 6 heteroatoms. The first-order valence-electron chi connectivity index (χ1n) is 5.47. The minimum Gasteiger partial charge on any atom is -0.368 e. The van der Waals surface area contributed by atoms with Gasteiger partial charge in [-0.15, -0.1) is 11.3 Å². The van der Waals surface area contributed by atoms with E-state index in [0.29, 0.717) is 14.9 Å². The van der Waals surface area contributed by atoms with Crippen LogP contribution in [0.1, 0.15) is 21.3 Å². The van der Waals surface area contributed by atoms with Crippen molar-refractivity contribution in [3.63, 3.8) is 0 Å². The molecular formula is C13H11BrN2O2S. The lowest BCUT2D eigenvalue weighted by atomic mass is 10.1. The van der Waals surface area contributed by atoms with E-state index in [1.807, 2.05) is 6.07 Å². The summed E-state index contributed by atoms with van der Waals surface area (Å²) >= 11 is 4.58. The van der Waals surface area contributed by atoms with Gasteiger partial charge in [0.1, 0.15) is 10.9 Å². The third kappa shape index (κ3) is 3.21. The fourth-order valence-electron chi connectivity index (χ4n) is 1.62. The molecule has 1 aromatic heterocycles. The first-order valence-corrected chi connectivity index (χ1v) is 7.15. The molecule has 1 unspecified atom stereocenters. The fraction of sp³-hybridized carbons (Fsp3) is 0.0769. The molecule has 2 rings (SSSR count). The van der Waals surface area contributed by atoms with Gasteiger partial charge in [0.05, 0.1) is 0 Å². The van der Waals surface area contributed by atoms with Crippen LogP contribution < -0.4 is 11.1 Å². The Kier molecular flexibility index (Phi) is 4.34. The van der Waals surface area contributed by atoms with Crippen LogP contribution in [0.3, 0.4) is 0 Å². The van der Waals surface area contributed by atoms with Crippen molar-refractivity contribution in [1.82, 2.24) is 5.32 Å². The first-order chi connectivity index (χ1) is 9.09. The van der Waals surface area contributed by atoms with E-state index in [1.165, 1.54) is 11.3 Å². The van der Waals surface area contributed by atoms with Crippen LogP contribution in [0.5, 0.6) is 0 Å². The number of carbonyl (C=O) groups excluding carboxylic acids is 2. The third-order valence-corrected chi connectivity index (χ3v) is 4.35. The van der Waals surface area contributed by atoms with Gasteiger partial charge in [0.15, 0.2) is 0 Å². The van der Waals surface area contributed by atoms with Gasteiger partial charge < -0.3 is 11.1 Å². The van der Waals surface area contributed by atoms with Gasteiger partial charge in [-0.25, -0.2) is 0 Å². The van der Waals surface area contributed by atoms with Crippen molar-refractivity contribution in [1.29, 1.82) is 0 Å². The zero-order valence-electron chi connectivity index (χ0n) is 9.80. The summed E-state index contributed by atoms with van der Waals surface area (Å²) in [6.45, 7) is 0. The van der Waals surface area contributed by atoms with E-state index in [0.717, 1.165) is 0 Å². The number of nitrogens with two attached hydrogens (primary N) is 1. The van der Waals surface area contributed by atoms with E-state index >= 15 is 0 Å². The number of rotatable bonds is 4. The van der Waals surface area contributed by atoms with Crippen LogP contribution in [0, 0.1) is 0 Å². The quantitative estimate of drug-likeness (QED) is 0.898. The maximum Gasteiger partial charge on any atom is 0.263 e. The molecule has 4 nitrogen and oxygen atoms in total. The first kappa shape index (κ1) is 13.8. The minimum atomic E-state index is -0.831. The molecule has 0 aliphatic heterocycles. The molecule has 0 aliphatic rings. The molecule has 0 saturated carbocycles. The summed E-state index contributed by atoms with van der Waals surface area (Å²) < 4.78 is 0.700. The Labute approximate surface area is 122 Å². The van der Waals surface area contributed by atoms with Crippen LogP contribution in [0.15, 0.2) is 46.3 Å². The van der Waals surface area contributed by atoms with Crippen molar-refractivity contribution < 1.29 is 9.59 Å². The van der Waals surface area contributed by atoms with E-state index in [9.17, 15) is 9.59 Å². The standard InChI is InChI=1S/C13H11BrN2O2S/c14-9-6-7-19-11(9)13(18)16-10(12(15)17)8-4-2-1-3-5-8/h1-7,10H,(H2,15,17)(H,16,18). The van der Waals surface area contributed by atoms with E-state index in [2.05, 4.69) is 21.2 Å². The molecule has 98 valence electrons.